The summed E-state index contributed by atoms with van der Waals surface area (Å²) in [6, 6.07) is 0. The summed E-state index contributed by atoms with van der Waals surface area (Å²) in [5.41, 5.74) is -0.503. The lowest BCUT2D eigenvalue weighted by Crippen LogP contribution is -2.62. The highest BCUT2D eigenvalue weighted by Crippen LogP contribution is 2.67. The van der Waals surface area contributed by atoms with Crippen LogP contribution in [0.4, 0.5) is 0 Å². The topological polar surface area (TPSA) is 96.0 Å². The Bertz CT molecular complexity index is 898. The lowest BCUT2D eigenvalue weighted by Gasteiger charge is -2.62. The molecule has 0 spiro atoms. The van der Waals surface area contributed by atoms with Gasteiger partial charge in [0.05, 0.1) is 7.11 Å². The SMILES string of the molecule is COC(=O)CC[C@@H](C)[C@@H]1CC[C@@H]2[C@H]3[C@H](OC(C)=O)C[C@@H]4C[C@H](OC(C)=O)CC[C@]4(C)[C@H]3CC(=O)[C@@]21C. The number of carbonyl (C=O) groups excluding carboxylic acids is 4. The van der Waals surface area contributed by atoms with Crippen molar-refractivity contribution in [2.75, 3.05) is 7.11 Å². The average molecular weight is 505 g/mol. The highest BCUT2D eigenvalue weighted by molar-refractivity contribution is 5.87. The molecule has 0 aromatic rings. The van der Waals surface area contributed by atoms with Crippen molar-refractivity contribution in [3.05, 3.63) is 0 Å². The van der Waals surface area contributed by atoms with Crippen LogP contribution < -0.4 is 0 Å². The van der Waals surface area contributed by atoms with Crippen molar-refractivity contribution in [2.45, 2.75) is 105 Å². The molecule has 0 amide bonds. The Morgan fingerprint density at radius 1 is 1.00 bits per heavy atom. The molecule has 7 heteroatoms. The molecule has 202 valence electrons. The highest BCUT2D eigenvalue weighted by Gasteiger charge is 2.66. The normalized spacial score (nSPS) is 42.4. The number of rotatable bonds is 6. The number of Topliss-reactive ketones (excluding diaryl/α,β-unsaturated/α-hetero) is 1. The van der Waals surface area contributed by atoms with Crippen molar-refractivity contribution in [1.82, 2.24) is 0 Å². The molecule has 36 heavy (non-hydrogen) atoms. The second-order valence-electron chi connectivity index (χ2n) is 12.6. The summed E-state index contributed by atoms with van der Waals surface area (Å²) in [5.74, 6) is 0.785. The molecule has 10 atom stereocenters. The summed E-state index contributed by atoms with van der Waals surface area (Å²) in [6.45, 7) is 9.57. The molecule has 0 bridgehead atoms. The first-order chi connectivity index (χ1) is 16.9. The minimum absolute atomic E-state index is 0.0382. The number of ether oxygens (including phenoxy) is 3. The van der Waals surface area contributed by atoms with Crippen LogP contribution in [0.5, 0.6) is 0 Å². The number of carbonyl (C=O) groups is 4. The summed E-state index contributed by atoms with van der Waals surface area (Å²) in [7, 11) is 1.41. The molecule has 0 N–H and O–H groups in total. The molecule has 0 aromatic heterocycles. The van der Waals surface area contributed by atoms with E-state index in [2.05, 4.69) is 20.8 Å². The van der Waals surface area contributed by atoms with Gasteiger partial charge >= 0.3 is 17.9 Å². The van der Waals surface area contributed by atoms with E-state index in [0.717, 1.165) is 38.5 Å². The number of esters is 3. The van der Waals surface area contributed by atoms with Crippen LogP contribution in [0.1, 0.15) is 92.4 Å². The molecule has 0 unspecified atom stereocenters. The quantitative estimate of drug-likeness (QED) is 0.375. The van der Waals surface area contributed by atoms with Crippen LogP contribution in [0.3, 0.4) is 0 Å². The van der Waals surface area contributed by atoms with E-state index in [1.165, 1.54) is 21.0 Å². The van der Waals surface area contributed by atoms with Gasteiger partial charge in [-0.2, -0.15) is 0 Å². The third kappa shape index (κ3) is 4.60. The van der Waals surface area contributed by atoms with E-state index >= 15 is 0 Å². The Labute approximate surface area is 215 Å². The van der Waals surface area contributed by atoms with Crippen molar-refractivity contribution in [2.24, 2.45) is 46.3 Å². The minimum Gasteiger partial charge on any atom is -0.469 e. The van der Waals surface area contributed by atoms with Crippen molar-refractivity contribution in [1.29, 1.82) is 0 Å². The van der Waals surface area contributed by atoms with E-state index in [-0.39, 0.29) is 71.0 Å². The van der Waals surface area contributed by atoms with E-state index in [0.29, 0.717) is 25.0 Å². The van der Waals surface area contributed by atoms with E-state index in [9.17, 15) is 19.2 Å². The van der Waals surface area contributed by atoms with Crippen molar-refractivity contribution < 1.29 is 33.4 Å². The van der Waals surface area contributed by atoms with E-state index in [1.54, 1.807) is 0 Å². The van der Waals surface area contributed by atoms with Gasteiger partial charge in [-0.1, -0.05) is 20.8 Å². The first kappa shape index (κ1) is 27.1. The van der Waals surface area contributed by atoms with Gasteiger partial charge in [-0.15, -0.1) is 0 Å². The second-order valence-corrected chi connectivity index (χ2v) is 12.6. The molecule has 4 aliphatic rings. The van der Waals surface area contributed by atoms with E-state index < -0.39 is 5.41 Å². The first-order valence-corrected chi connectivity index (χ1v) is 13.9. The Morgan fingerprint density at radius 3 is 2.33 bits per heavy atom. The van der Waals surface area contributed by atoms with Crippen LogP contribution in [0.2, 0.25) is 0 Å². The fourth-order valence-corrected chi connectivity index (χ4v) is 9.14. The molecular formula is C29H44O7. The number of hydrogen-bond acceptors (Lipinski definition) is 7. The van der Waals surface area contributed by atoms with Gasteiger partial charge in [0.1, 0.15) is 18.0 Å². The van der Waals surface area contributed by atoms with Crippen LogP contribution in [0.15, 0.2) is 0 Å². The second kappa shape index (κ2) is 10.1. The average Bonchev–Trinajstić information content (AvgIpc) is 3.16. The first-order valence-electron chi connectivity index (χ1n) is 13.9. The summed E-state index contributed by atoms with van der Waals surface area (Å²) in [5, 5.41) is 0. The molecule has 4 fully saturated rings. The lowest BCUT2D eigenvalue weighted by molar-refractivity contribution is -0.196. The van der Waals surface area contributed by atoms with Gasteiger partial charge in [0.25, 0.3) is 0 Å². The van der Waals surface area contributed by atoms with Crippen molar-refractivity contribution in [3.63, 3.8) is 0 Å². The Hall–Kier alpha value is -1.92. The number of fused-ring (bicyclic) bond motifs is 5. The molecule has 0 radical (unpaired) electrons. The predicted octanol–water partition coefficient (Wildman–Crippen LogP) is 4.89. The fourth-order valence-electron chi connectivity index (χ4n) is 9.14. The molecule has 0 aliphatic heterocycles. The van der Waals surface area contributed by atoms with E-state index in [1.807, 2.05) is 0 Å². The van der Waals surface area contributed by atoms with Crippen molar-refractivity contribution in [3.8, 4) is 0 Å². The smallest absolute Gasteiger partial charge is 0.305 e. The van der Waals surface area contributed by atoms with Crippen LogP contribution in [-0.4, -0.2) is 43.0 Å². The maximum absolute atomic E-state index is 14.0. The number of methoxy groups -OCH3 is 1. The lowest BCUT2D eigenvalue weighted by atomic mass is 9.43. The zero-order valence-corrected chi connectivity index (χ0v) is 22.8. The Kier molecular flexibility index (Phi) is 7.60. The van der Waals surface area contributed by atoms with Gasteiger partial charge in [-0.3, -0.25) is 19.2 Å². The molecule has 7 nitrogen and oxygen atoms in total. The van der Waals surface area contributed by atoms with Crippen molar-refractivity contribution >= 4 is 23.7 Å². The maximum Gasteiger partial charge on any atom is 0.305 e. The minimum atomic E-state index is -0.465. The van der Waals surface area contributed by atoms with Crippen LogP contribution in [0, 0.1) is 46.3 Å². The third-order valence-corrected chi connectivity index (χ3v) is 10.9. The maximum atomic E-state index is 14.0. The molecular weight excluding hydrogens is 460 g/mol. The highest BCUT2D eigenvalue weighted by atomic mass is 16.5. The Morgan fingerprint density at radius 2 is 1.69 bits per heavy atom. The molecule has 4 aliphatic carbocycles. The predicted molar refractivity (Wildman–Crippen MR) is 133 cm³/mol. The number of hydrogen-bond donors (Lipinski definition) is 0. The Balaban J connectivity index is 1.62. The van der Waals surface area contributed by atoms with Crippen LogP contribution in [0.25, 0.3) is 0 Å². The molecule has 4 rings (SSSR count). The molecule has 4 saturated carbocycles. The zero-order chi connectivity index (χ0) is 26.4. The summed E-state index contributed by atoms with van der Waals surface area (Å²) in [4.78, 5) is 49.7. The standard InChI is InChI=1S/C29H44O7/c1-16(7-10-26(33)34-6)21-8-9-22-27-23(15-25(32)29(21,22)5)28(4)12-11-20(35-17(2)30)13-19(28)14-24(27)36-18(3)31/h16,19-24,27H,7-15H2,1-6H3/t16-,19+,20-,21+,22-,23+,24-,27-,28+,29-/m1/s1. The van der Waals surface area contributed by atoms with Gasteiger partial charge in [-0.25, -0.2) is 0 Å². The molecule has 0 heterocycles. The zero-order valence-electron chi connectivity index (χ0n) is 22.8. The fraction of sp³-hybridized carbons (Fsp3) is 0.862. The summed E-state index contributed by atoms with van der Waals surface area (Å²) >= 11 is 0. The molecule has 0 saturated heterocycles. The number of ketones is 1. The van der Waals surface area contributed by atoms with Gasteiger partial charge in [0, 0.05) is 38.0 Å². The van der Waals surface area contributed by atoms with Crippen LogP contribution >= 0.6 is 0 Å². The molecule has 0 aromatic carbocycles. The third-order valence-electron chi connectivity index (χ3n) is 10.9. The van der Waals surface area contributed by atoms with Gasteiger partial charge in [-0.05, 0) is 80.0 Å². The van der Waals surface area contributed by atoms with Crippen LogP contribution in [-0.2, 0) is 33.4 Å². The van der Waals surface area contributed by atoms with E-state index in [4.69, 9.17) is 14.2 Å². The largest absolute Gasteiger partial charge is 0.469 e. The van der Waals surface area contributed by atoms with Gasteiger partial charge < -0.3 is 14.2 Å². The summed E-state index contributed by atoms with van der Waals surface area (Å²) < 4.78 is 16.5. The van der Waals surface area contributed by atoms with Gasteiger partial charge in [0.2, 0.25) is 0 Å². The summed E-state index contributed by atoms with van der Waals surface area (Å²) in [6.07, 6.45) is 6.44. The monoisotopic (exact) mass is 504 g/mol. The van der Waals surface area contributed by atoms with Gasteiger partial charge in [0.15, 0.2) is 0 Å².